The second-order valence-electron chi connectivity index (χ2n) is 5.38. The van der Waals surface area contributed by atoms with Crippen LogP contribution in [0.15, 0.2) is 18.3 Å². The molecule has 7 nitrogen and oxygen atoms in total. The third kappa shape index (κ3) is 2.93. The molecule has 0 spiro atoms. The van der Waals surface area contributed by atoms with Crippen LogP contribution in [0, 0.1) is 6.92 Å². The number of carbonyl (C=O) groups is 3. The average molecular weight is 304 g/mol. The van der Waals surface area contributed by atoms with Crippen molar-refractivity contribution in [3.05, 3.63) is 23.9 Å². The Labute approximate surface area is 129 Å². The van der Waals surface area contributed by atoms with Crippen LogP contribution in [0.2, 0.25) is 0 Å². The molecule has 1 aliphatic heterocycles. The van der Waals surface area contributed by atoms with E-state index in [1.165, 1.54) is 0 Å². The number of anilines is 1. The van der Waals surface area contributed by atoms with Crippen LogP contribution in [0.1, 0.15) is 32.3 Å². The molecule has 1 aliphatic rings. The summed E-state index contributed by atoms with van der Waals surface area (Å²) in [4.78, 5) is 41.3. The van der Waals surface area contributed by atoms with Crippen molar-refractivity contribution in [2.75, 3.05) is 11.9 Å². The monoisotopic (exact) mass is 304 g/mol. The van der Waals surface area contributed by atoms with E-state index in [4.69, 9.17) is 0 Å². The highest BCUT2D eigenvalue weighted by atomic mass is 16.2. The molecule has 0 atom stereocenters. The van der Waals surface area contributed by atoms with Gasteiger partial charge in [-0.25, -0.2) is 9.78 Å². The molecule has 0 aromatic carbocycles. The Hall–Kier alpha value is -2.44. The Kier molecular flexibility index (Phi) is 4.44. The molecule has 1 aromatic rings. The summed E-state index contributed by atoms with van der Waals surface area (Å²) < 4.78 is 0. The molecular formula is C15H20N4O3. The number of rotatable bonds is 5. The summed E-state index contributed by atoms with van der Waals surface area (Å²) in [7, 11) is 0. The van der Waals surface area contributed by atoms with Gasteiger partial charge >= 0.3 is 6.03 Å². The SMILES string of the molecule is CCC1(CC)NC(=O)N(CC(=O)Nc2ccc(C)cn2)C1=O. The van der Waals surface area contributed by atoms with Crippen molar-refractivity contribution in [1.82, 2.24) is 15.2 Å². The van der Waals surface area contributed by atoms with Crippen molar-refractivity contribution >= 4 is 23.7 Å². The predicted molar refractivity (Wildman–Crippen MR) is 81.2 cm³/mol. The smallest absolute Gasteiger partial charge is 0.323 e. The fourth-order valence-corrected chi connectivity index (χ4v) is 2.42. The van der Waals surface area contributed by atoms with Crippen molar-refractivity contribution in [2.24, 2.45) is 0 Å². The summed E-state index contributed by atoms with van der Waals surface area (Å²) in [5.74, 6) is -0.419. The van der Waals surface area contributed by atoms with Crippen LogP contribution in [0.25, 0.3) is 0 Å². The topological polar surface area (TPSA) is 91.4 Å². The highest BCUT2D eigenvalue weighted by Gasteiger charge is 2.49. The molecule has 118 valence electrons. The van der Waals surface area contributed by atoms with Crippen LogP contribution in [0.3, 0.4) is 0 Å². The van der Waals surface area contributed by atoms with Gasteiger partial charge in [0.25, 0.3) is 5.91 Å². The van der Waals surface area contributed by atoms with Crippen LogP contribution in [0.4, 0.5) is 10.6 Å². The van der Waals surface area contributed by atoms with Crippen molar-refractivity contribution in [1.29, 1.82) is 0 Å². The molecule has 2 heterocycles. The van der Waals surface area contributed by atoms with Gasteiger partial charge in [0.05, 0.1) is 0 Å². The van der Waals surface area contributed by atoms with Crippen LogP contribution in [-0.2, 0) is 9.59 Å². The van der Waals surface area contributed by atoms with Gasteiger partial charge in [0.15, 0.2) is 0 Å². The number of nitrogens with one attached hydrogen (secondary N) is 2. The number of aromatic nitrogens is 1. The maximum absolute atomic E-state index is 12.4. The zero-order chi connectivity index (χ0) is 16.3. The Morgan fingerprint density at radius 2 is 2.00 bits per heavy atom. The summed E-state index contributed by atoms with van der Waals surface area (Å²) in [5.41, 5.74) is 0.0854. The predicted octanol–water partition coefficient (Wildman–Crippen LogP) is 1.44. The second kappa shape index (κ2) is 6.13. The van der Waals surface area contributed by atoms with Gasteiger partial charge in [-0.3, -0.25) is 14.5 Å². The first-order chi connectivity index (χ1) is 10.4. The maximum Gasteiger partial charge on any atom is 0.325 e. The summed E-state index contributed by atoms with van der Waals surface area (Å²) in [6.07, 6.45) is 2.61. The number of amides is 4. The molecule has 1 saturated heterocycles. The van der Waals surface area contributed by atoms with Crippen LogP contribution in [-0.4, -0.2) is 39.8 Å². The first-order valence-corrected chi connectivity index (χ1v) is 7.28. The quantitative estimate of drug-likeness (QED) is 0.805. The van der Waals surface area contributed by atoms with E-state index in [9.17, 15) is 14.4 Å². The number of carbonyl (C=O) groups excluding carboxylic acids is 3. The maximum atomic E-state index is 12.4. The van der Waals surface area contributed by atoms with Gasteiger partial charge in [0.2, 0.25) is 5.91 Å². The van der Waals surface area contributed by atoms with Crippen LogP contribution >= 0.6 is 0 Å². The number of aryl methyl sites for hydroxylation is 1. The summed E-state index contributed by atoms with van der Waals surface area (Å²) in [6, 6.07) is 2.96. The molecule has 22 heavy (non-hydrogen) atoms. The average Bonchev–Trinajstić information content (AvgIpc) is 2.74. The van der Waals surface area contributed by atoms with E-state index in [-0.39, 0.29) is 12.5 Å². The van der Waals surface area contributed by atoms with E-state index in [2.05, 4.69) is 15.6 Å². The second-order valence-corrected chi connectivity index (χ2v) is 5.38. The van der Waals surface area contributed by atoms with Crippen molar-refractivity contribution in [2.45, 2.75) is 39.2 Å². The number of hydrogen-bond donors (Lipinski definition) is 2. The van der Waals surface area contributed by atoms with E-state index in [1.54, 1.807) is 12.3 Å². The molecule has 4 amide bonds. The van der Waals surface area contributed by atoms with Crippen molar-refractivity contribution in [3.63, 3.8) is 0 Å². The Morgan fingerprint density at radius 1 is 1.32 bits per heavy atom. The van der Waals surface area contributed by atoms with Crippen molar-refractivity contribution < 1.29 is 14.4 Å². The van der Waals surface area contributed by atoms with Crippen LogP contribution in [0.5, 0.6) is 0 Å². The summed E-state index contributed by atoms with van der Waals surface area (Å²) in [6.45, 7) is 5.24. The largest absolute Gasteiger partial charge is 0.325 e. The normalized spacial score (nSPS) is 16.6. The Balaban J connectivity index is 2.04. The lowest BCUT2D eigenvalue weighted by Gasteiger charge is -2.22. The number of nitrogens with zero attached hydrogens (tertiary/aromatic N) is 2. The molecule has 0 aliphatic carbocycles. The lowest BCUT2D eigenvalue weighted by Crippen LogP contribution is -2.46. The van der Waals surface area contributed by atoms with E-state index in [1.807, 2.05) is 26.8 Å². The van der Waals surface area contributed by atoms with E-state index in [0.717, 1.165) is 10.5 Å². The molecule has 1 fully saturated rings. The van der Waals surface area contributed by atoms with E-state index >= 15 is 0 Å². The molecule has 0 radical (unpaired) electrons. The van der Waals surface area contributed by atoms with E-state index in [0.29, 0.717) is 18.7 Å². The Morgan fingerprint density at radius 3 is 2.50 bits per heavy atom. The summed E-state index contributed by atoms with van der Waals surface area (Å²) >= 11 is 0. The molecule has 2 rings (SSSR count). The number of pyridine rings is 1. The highest BCUT2D eigenvalue weighted by molar-refractivity contribution is 6.10. The minimum Gasteiger partial charge on any atom is -0.323 e. The highest BCUT2D eigenvalue weighted by Crippen LogP contribution is 2.24. The number of imide groups is 1. The van der Waals surface area contributed by atoms with Crippen molar-refractivity contribution in [3.8, 4) is 0 Å². The van der Waals surface area contributed by atoms with Crippen LogP contribution < -0.4 is 10.6 Å². The molecular weight excluding hydrogens is 284 g/mol. The minimum atomic E-state index is -0.889. The fourth-order valence-electron chi connectivity index (χ4n) is 2.42. The molecule has 0 saturated carbocycles. The fraction of sp³-hybridized carbons (Fsp3) is 0.467. The zero-order valence-electron chi connectivity index (χ0n) is 13.0. The van der Waals surface area contributed by atoms with Gasteiger partial charge in [-0.05, 0) is 31.4 Å². The van der Waals surface area contributed by atoms with Gasteiger partial charge in [-0.15, -0.1) is 0 Å². The third-order valence-electron chi connectivity index (χ3n) is 3.93. The minimum absolute atomic E-state index is 0.317. The first-order valence-electron chi connectivity index (χ1n) is 7.28. The molecule has 1 aromatic heterocycles. The zero-order valence-corrected chi connectivity index (χ0v) is 13.0. The lowest BCUT2D eigenvalue weighted by molar-refractivity contribution is -0.134. The molecule has 2 N–H and O–H groups in total. The third-order valence-corrected chi connectivity index (χ3v) is 3.93. The number of hydrogen-bond acceptors (Lipinski definition) is 4. The van der Waals surface area contributed by atoms with Gasteiger partial charge in [-0.1, -0.05) is 19.9 Å². The molecule has 0 bridgehead atoms. The van der Waals surface area contributed by atoms with Gasteiger partial charge in [0.1, 0.15) is 17.9 Å². The molecule has 0 unspecified atom stereocenters. The Bertz CT molecular complexity index is 593. The first kappa shape index (κ1) is 15.9. The lowest BCUT2D eigenvalue weighted by atomic mass is 9.93. The van der Waals surface area contributed by atoms with Gasteiger partial charge in [0, 0.05) is 6.20 Å². The van der Waals surface area contributed by atoms with E-state index < -0.39 is 17.5 Å². The van der Waals surface area contributed by atoms with Gasteiger partial charge in [-0.2, -0.15) is 0 Å². The number of urea groups is 1. The summed E-state index contributed by atoms with van der Waals surface area (Å²) in [5, 5.41) is 5.26. The van der Waals surface area contributed by atoms with Gasteiger partial charge < -0.3 is 10.6 Å². The molecule has 7 heteroatoms. The standard InChI is InChI=1S/C15H20N4O3/c1-4-15(5-2)13(21)19(14(22)18-15)9-12(20)17-11-7-6-10(3)8-16-11/h6-8H,4-5,9H2,1-3H3,(H,18,22)(H,16,17,20).